The Bertz CT molecular complexity index is 613. The highest BCUT2D eigenvalue weighted by atomic mass is 127. The Kier molecular flexibility index (Phi) is 4.63. The van der Waals surface area contributed by atoms with Gasteiger partial charge in [-0.2, -0.15) is 0 Å². The average Bonchev–Trinajstić information content (AvgIpc) is 3.23. The van der Waals surface area contributed by atoms with Crippen LogP contribution >= 0.6 is 38.5 Å². The van der Waals surface area contributed by atoms with E-state index in [1.807, 2.05) is 24.3 Å². The van der Waals surface area contributed by atoms with Crippen molar-refractivity contribution in [3.05, 3.63) is 56.1 Å². The molecule has 3 rings (SSSR count). The second-order valence-corrected chi connectivity index (χ2v) is 7.08. The van der Waals surface area contributed by atoms with E-state index in [-0.39, 0.29) is 0 Å². The number of halogens is 2. The molecule has 0 aromatic heterocycles. The van der Waals surface area contributed by atoms with Crippen LogP contribution in [-0.4, -0.2) is 6.04 Å². The van der Waals surface area contributed by atoms with Gasteiger partial charge in [-0.1, -0.05) is 12.1 Å². The van der Waals surface area contributed by atoms with Crippen LogP contribution in [0.2, 0.25) is 0 Å². The maximum atomic E-state index is 5.91. The van der Waals surface area contributed by atoms with E-state index >= 15 is 0 Å². The Balaban J connectivity index is 1.69. The van der Waals surface area contributed by atoms with Gasteiger partial charge in [-0.15, -0.1) is 0 Å². The first-order valence-electron chi connectivity index (χ1n) is 6.66. The van der Waals surface area contributed by atoms with Crippen LogP contribution in [-0.2, 0) is 6.54 Å². The molecule has 1 aliphatic carbocycles. The fourth-order valence-corrected chi connectivity index (χ4v) is 2.97. The monoisotopic (exact) mass is 443 g/mol. The second-order valence-electron chi connectivity index (χ2n) is 4.98. The van der Waals surface area contributed by atoms with Crippen molar-refractivity contribution >= 4 is 38.5 Å². The van der Waals surface area contributed by atoms with E-state index in [9.17, 15) is 0 Å². The van der Waals surface area contributed by atoms with Crippen molar-refractivity contribution in [1.82, 2.24) is 5.32 Å². The van der Waals surface area contributed by atoms with Gasteiger partial charge < -0.3 is 10.1 Å². The molecule has 0 heterocycles. The highest BCUT2D eigenvalue weighted by Crippen LogP contribution is 2.31. The summed E-state index contributed by atoms with van der Waals surface area (Å²) in [6.07, 6.45) is 2.63. The minimum atomic E-state index is 0.732. The Morgan fingerprint density at radius 2 is 2.05 bits per heavy atom. The van der Waals surface area contributed by atoms with E-state index in [1.54, 1.807) is 0 Å². The summed E-state index contributed by atoms with van der Waals surface area (Å²) in [5.74, 6) is 1.71. The zero-order valence-corrected chi connectivity index (χ0v) is 14.6. The van der Waals surface area contributed by atoms with Crippen molar-refractivity contribution in [2.24, 2.45) is 0 Å². The first-order valence-corrected chi connectivity index (χ1v) is 8.53. The fraction of sp³-hybridized carbons (Fsp3) is 0.250. The third-order valence-electron chi connectivity index (χ3n) is 3.19. The Labute approximate surface area is 141 Å². The van der Waals surface area contributed by atoms with Gasteiger partial charge in [0.1, 0.15) is 11.5 Å². The molecular formula is C16H15BrINO. The predicted octanol–water partition coefficient (Wildman–Crippen LogP) is 5.10. The normalized spacial score (nSPS) is 14.3. The lowest BCUT2D eigenvalue weighted by Gasteiger charge is -2.10. The van der Waals surface area contributed by atoms with Crippen LogP contribution in [0.25, 0.3) is 0 Å². The molecule has 0 atom stereocenters. The molecule has 2 aromatic carbocycles. The molecule has 0 aliphatic heterocycles. The minimum Gasteiger partial charge on any atom is -0.456 e. The molecular weight excluding hydrogens is 429 g/mol. The van der Waals surface area contributed by atoms with E-state index in [2.05, 4.69) is 62.0 Å². The highest BCUT2D eigenvalue weighted by Gasteiger charge is 2.20. The average molecular weight is 444 g/mol. The van der Waals surface area contributed by atoms with Crippen LogP contribution in [0.15, 0.2) is 46.9 Å². The van der Waals surface area contributed by atoms with Gasteiger partial charge in [0.05, 0.1) is 4.47 Å². The predicted molar refractivity (Wildman–Crippen MR) is 93.2 cm³/mol. The van der Waals surface area contributed by atoms with Crippen molar-refractivity contribution in [3.63, 3.8) is 0 Å². The van der Waals surface area contributed by atoms with E-state index in [4.69, 9.17) is 4.74 Å². The number of benzene rings is 2. The molecule has 1 saturated carbocycles. The summed E-state index contributed by atoms with van der Waals surface area (Å²) < 4.78 is 8.07. The van der Waals surface area contributed by atoms with E-state index in [0.29, 0.717) is 0 Å². The molecule has 20 heavy (non-hydrogen) atoms. The summed E-state index contributed by atoms with van der Waals surface area (Å²) in [5, 5.41) is 3.51. The first kappa shape index (κ1) is 14.4. The van der Waals surface area contributed by atoms with Crippen molar-refractivity contribution in [2.75, 3.05) is 0 Å². The smallest absolute Gasteiger partial charge is 0.141 e. The molecule has 0 bridgehead atoms. The molecule has 0 saturated heterocycles. The third-order valence-corrected chi connectivity index (χ3v) is 4.48. The van der Waals surface area contributed by atoms with Crippen molar-refractivity contribution in [2.45, 2.75) is 25.4 Å². The standard InChI is InChI=1S/C16H15BrINO/c17-15-8-11(10-19-13-5-6-13)4-7-16(15)20-14-3-1-2-12(18)9-14/h1-4,7-9,13,19H,5-6,10H2. The first-order chi connectivity index (χ1) is 9.70. The summed E-state index contributed by atoms with van der Waals surface area (Å²) in [7, 11) is 0. The minimum absolute atomic E-state index is 0.732. The molecule has 0 amide bonds. The summed E-state index contributed by atoms with van der Waals surface area (Å²) >= 11 is 5.88. The number of hydrogen-bond donors (Lipinski definition) is 1. The molecule has 0 unspecified atom stereocenters. The third kappa shape index (κ3) is 3.96. The van der Waals surface area contributed by atoms with E-state index < -0.39 is 0 Å². The maximum Gasteiger partial charge on any atom is 0.141 e. The van der Waals surface area contributed by atoms with E-state index in [1.165, 1.54) is 22.0 Å². The highest BCUT2D eigenvalue weighted by molar-refractivity contribution is 14.1. The molecule has 1 aliphatic rings. The topological polar surface area (TPSA) is 21.3 Å². The maximum absolute atomic E-state index is 5.91. The zero-order valence-electron chi connectivity index (χ0n) is 10.9. The van der Waals surface area contributed by atoms with Crippen molar-refractivity contribution < 1.29 is 4.74 Å². The number of hydrogen-bond acceptors (Lipinski definition) is 2. The van der Waals surface area contributed by atoms with Gasteiger partial charge in [0, 0.05) is 16.2 Å². The van der Waals surface area contributed by atoms with Gasteiger partial charge in [-0.05, 0) is 87.3 Å². The summed E-state index contributed by atoms with van der Waals surface area (Å²) in [5.41, 5.74) is 1.28. The number of rotatable bonds is 5. The van der Waals surface area contributed by atoms with Crippen LogP contribution in [0.3, 0.4) is 0 Å². The molecule has 0 radical (unpaired) electrons. The fourth-order valence-electron chi connectivity index (χ4n) is 1.94. The van der Waals surface area contributed by atoms with E-state index in [0.717, 1.165) is 28.6 Å². The van der Waals surface area contributed by atoms with Crippen molar-refractivity contribution in [1.29, 1.82) is 0 Å². The summed E-state index contributed by atoms with van der Waals surface area (Å²) in [4.78, 5) is 0. The summed E-state index contributed by atoms with van der Waals surface area (Å²) in [6, 6.07) is 15.0. The Morgan fingerprint density at radius 3 is 2.75 bits per heavy atom. The largest absolute Gasteiger partial charge is 0.456 e. The van der Waals surface area contributed by atoms with Gasteiger partial charge in [-0.3, -0.25) is 0 Å². The molecule has 4 heteroatoms. The molecule has 1 fully saturated rings. The number of ether oxygens (including phenoxy) is 1. The van der Waals surface area contributed by atoms with Gasteiger partial charge in [0.2, 0.25) is 0 Å². The lowest BCUT2D eigenvalue weighted by Crippen LogP contribution is -2.15. The molecule has 0 spiro atoms. The van der Waals surface area contributed by atoms with Crippen molar-refractivity contribution in [3.8, 4) is 11.5 Å². The Morgan fingerprint density at radius 1 is 1.20 bits per heavy atom. The van der Waals surface area contributed by atoms with Gasteiger partial charge in [-0.25, -0.2) is 0 Å². The quantitative estimate of drug-likeness (QED) is 0.649. The second kappa shape index (κ2) is 6.45. The lowest BCUT2D eigenvalue weighted by atomic mass is 10.2. The summed E-state index contributed by atoms with van der Waals surface area (Å²) in [6.45, 7) is 0.923. The lowest BCUT2D eigenvalue weighted by molar-refractivity contribution is 0.479. The van der Waals surface area contributed by atoms with Crippen LogP contribution in [0.4, 0.5) is 0 Å². The van der Waals surface area contributed by atoms with Crippen LogP contribution < -0.4 is 10.1 Å². The van der Waals surface area contributed by atoms with Crippen LogP contribution in [0.5, 0.6) is 11.5 Å². The Hall–Kier alpha value is -0.590. The molecule has 2 nitrogen and oxygen atoms in total. The molecule has 1 N–H and O–H groups in total. The zero-order chi connectivity index (χ0) is 13.9. The van der Waals surface area contributed by atoms with Gasteiger partial charge in [0.25, 0.3) is 0 Å². The molecule has 104 valence electrons. The van der Waals surface area contributed by atoms with Crippen LogP contribution in [0.1, 0.15) is 18.4 Å². The number of nitrogens with one attached hydrogen (secondary N) is 1. The van der Waals surface area contributed by atoms with Gasteiger partial charge >= 0.3 is 0 Å². The van der Waals surface area contributed by atoms with Gasteiger partial charge in [0.15, 0.2) is 0 Å². The van der Waals surface area contributed by atoms with Crippen LogP contribution in [0, 0.1) is 3.57 Å². The molecule has 2 aromatic rings. The SMILES string of the molecule is Brc1cc(CNC2CC2)ccc1Oc1cccc(I)c1.